The monoisotopic (exact) mass is 244 g/mol. The van der Waals surface area contributed by atoms with Crippen LogP contribution in [0.4, 0.5) is 0 Å². The largest absolute Gasteiger partial charge is 0.307 e. The Bertz CT molecular complexity index is 486. The minimum Gasteiger partial charge on any atom is -0.307 e. The van der Waals surface area contributed by atoms with Crippen molar-refractivity contribution in [2.75, 3.05) is 20.1 Å². The highest BCUT2D eigenvalue weighted by atomic mass is 15.1. The molecule has 4 heteroatoms. The van der Waals surface area contributed by atoms with Gasteiger partial charge < -0.3 is 14.6 Å². The van der Waals surface area contributed by atoms with Crippen molar-refractivity contribution in [3.05, 3.63) is 36.3 Å². The number of rotatable bonds is 3. The summed E-state index contributed by atoms with van der Waals surface area (Å²) >= 11 is 0. The molecule has 1 N–H and O–H groups in total. The van der Waals surface area contributed by atoms with Gasteiger partial charge in [0, 0.05) is 31.5 Å². The van der Waals surface area contributed by atoms with E-state index in [1.807, 2.05) is 24.4 Å². The smallest absolute Gasteiger partial charge is 0.137 e. The van der Waals surface area contributed by atoms with E-state index in [-0.39, 0.29) is 0 Å². The fourth-order valence-electron chi connectivity index (χ4n) is 2.65. The summed E-state index contributed by atoms with van der Waals surface area (Å²) < 4.78 is 2.07. The molecule has 96 valence electrons. The summed E-state index contributed by atoms with van der Waals surface area (Å²) in [5, 5.41) is 3.61. The lowest BCUT2D eigenvalue weighted by Crippen LogP contribution is -2.43. The lowest BCUT2D eigenvalue weighted by molar-refractivity contribution is 0.226. The second kappa shape index (κ2) is 5.08. The molecule has 1 saturated heterocycles. The average molecular weight is 244 g/mol. The molecule has 18 heavy (non-hydrogen) atoms. The summed E-state index contributed by atoms with van der Waals surface area (Å²) in [5.74, 6) is 0. The van der Waals surface area contributed by atoms with Gasteiger partial charge in [0.2, 0.25) is 0 Å². The van der Waals surface area contributed by atoms with Crippen LogP contribution < -0.4 is 5.32 Å². The minimum absolute atomic E-state index is 0.605. The molecule has 0 bridgehead atoms. The summed E-state index contributed by atoms with van der Waals surface area (Å²) in [5.41, 5.74) is 2.14. The minimum atomic E-state index is 0.605. The zero-order valence-corrected chi connectivity index (χ0v) is 10.8. The Balaban J connectivity index is 1.62. The van der Waals surface area contributed by atoms with E-state index in [4.69, 9.17) is 0 Å². The van der Waals surface area contributed by atoms with Gasteiger partial charge in [-0.3, -0.25) is 0 Å². The van der Waals surface area contributed by atoms with Crippen LogP contribution in [0, 0.1) is 0 Å². The quantitative estimate of drug-likeness (QED) is 0.888. The van der Waals surface area contributed by atoms with Crippen molar-refractivity contribution in [3.63, 3.8) is 0 Å². The number of aromatic nitrogens is 2. The van der Waals surface area contributed by atoms with Gasteiger partial charge in [-0.2, -0.15) is 0 Å². The Kier molecular flexibility index (Phi) is 3.30. The fraction of sp³-hybridized carbons (Fsp3) is 0.500. The second-order valence-corrected chi connectivity index (χ2v) is 5.18. The van der Waals surface area contributed by atoms with Gasteiger partial charge in [0.15, 0.2) is 0 Å². The third kappa shape index (κ3) is 2.54. The Morgan fingerprint density at radius 3 is 3.22 bits per heavy atom. The highest BCUT2D eigenvalue weighted by Crippen LogP contribution is 2.09. The summed E-state index contributed by atoms with van der Waals surface area (Å²) in [6.45, 7) is 3.24. The zero-order chi connectivity index (χ0) is 12.4. The normalized spacial score (nSPS) is 21.5. The van der Waals surface area contributed by atoms with E-state index in [0.717, 1.165) is 24.4 Å². The lowest BCUT2D eigenvalue weighted by atomic mass is 10.1. The van der Waals surface area contributed by atoms with Gasteiger partial charge >= 0.3 is 0 Å². The van der Waals surface area contributed by atoms with Crippen LogP contribution in [0.25, 0.3) is 5.65 Å². The molecule has 2 aromatic rings. The Morgan fingerprint density at radius 1 is 1.44 bits per heavy atom. The van der Waals surface area contributed by atoms with Crippen LogP contribution in [0.1, 0.15) is 18.5 Å². The summed E-state index contributed by atoms with van der Waals surface area (Å²) in [6, 6.07) is 6.70. The molecule has 1 aliphatic rings. The van der Waals surface area contributed by atoms with Gasteiger partial charge in [-0.1, -0.05) is 6.07 Å². The van der Waals surface area contributed by atoms with E-state index in [1.165, 1.54) is 19.4 Å². The second-order valence-electron chi connectivity index (χ2n) is 5.18. The Morgan fingerprint density at radius 2 is 2.39 bits per heavy atom. The standard InChI is InChI=1S/C14H20N4/c1-17-7-4-5-12(10-17)15-9-13-11-18-8-3-2-6-14(18)16-13/h2-3,6,8,11-12,15H,4-5,7,9-10H2,1H3. The Labute approximate surface area is 108 Å². The summed E-state index contributed by atoms with van der Waals surface area (Å²) in [6.07, 6.45) is 6.71. The third-order valence-electron chi connectivity index (χ3n) is 3.61. The van der Waals surface area contributed by atoms with Crippen molar-refractivity contribution >= 4 is 5.65 Å². The number of likely N-dealkylation sites (N-methyl/N-ethyl adjacent to an activating group) is 1. The molecule has 0 amide bonds. The molecule has 0 aromatic carbocycles. The maximum Gasteiger partial charge on any atom is 0.137 e. The number of hydrogen-bond acceptors (Lipinski definition) is 3. The van der Waals surface area contributed by atoms with E-state index in [2.05, 4.69) is 32.8 Å². The predicted molar refractivity (Wildman–Crippen MR) is 72.6 cm³/mol. The summed E-state index contributed by atoms with van der Waals surface area (Å²) in [4.78, 5) is 7.00. The molecule has 1 atom stereocenters. The van der Waals surface area contributed by atoms with Crippen molar-refractivity contribution in [1.29, 1.82) is 0 Å². The molecule has 1 fully saturated rings. The number of imidazole rings is 1. The SMILES string of the molecule is CN1CCCC(NCc2cn3ccccc3n2)C1. The van der Waals surface area contributed by atoms with E-state index in [0.29, 0.717) is 6.04 Å². The Hall–Kier alpha value is -1.39. The molecule has 0 saturated carbocycles. The van der Waals surface area contributed by atoms with Gasteiger partial charge in [0.25, 0.3) is 0 Å². The van der Waals surface area contributed by atoms with E-state index < -0.39 is 0 Å². The van der Waals surface area contributed by atoms with Crippen molar-refractivity contribution in [2.24, 2.45) is 0 Å². The molecule has 2 aromatic heterocycles. The number of hydrogen-bond donors (Lipinski definition) is 1. The van der Waals surface area contributed by atoms with E-state index in [1.54, 1.807) is 0 Å². The molecule has 0 radical (unpaired) electrons. The maximum absolute atomic E-state index is 4.60. The predicted octanol–water partition coefficient (Wildman–Crippen LogP) is 1.52. The lowest BCUT2D eigenvalue weighted by Gasteiger charge is -2.30. The van der Waals surface area contributed by atoms with Gasteiger partial charge in [-0.05, 0) is 38.6 Å². The van der Waals surface area contributed by atoms with Crippen LogP contribution in [0.2, 0.25) is 0 Å². The van der Waals surface area contributed by atoms with Crippen LogP contribution in [0.5, 0.6) is 0 Å². The van der Waals surface area contributed by atoms with E-state index in [9.17, 15) is 0 Å². The van der Waals surface area contributed by atoms with Crippen molar-refractivity contribution in [3.8, 4) is 0 Å². The van der Waals surface area contributed by atoms with Crippen molar-refractivity contribution in [1.82, 2.24) is 19.6 Å². The maximum atomic E-state index is 4.60. The first-order valence-corrected chi connectivity index (χ1v) is 6.66. The van der Waals surface area contributed by atoms with Crippen molar-refractivity contribution in [2.45, 2.75) is 25.4 Å². The molecule has 3 heterocycles. The fourth-order valence-corrected chi connectivity index (χ4v) is 2.65. The van der Waals surface area contributed by atoms with Crippen LogP contribution in [-0.4, -0.2) is 40.5 Å². The molecule has 4 nitrogen and oxygen atoms in total. The van der Waals surface area contributed by atoms with Crippen LogP contribution in [-0.2, 0) is 6.54 Å². The van der Waals surface area contributed by atoms with Crippen LogP contribution >= 0.6 is 0 Å². The van der Waals surface area contributed by atoms with Gasteiger partial charge in [0.1, 0.15) is 5.65 Å². The average Bonchev–Trinajstić information content (AvgIpc) is 2.79. The number of pyridine rings is 1. The van der Waals surface area contributed by atoms with Crippen LogP contribution in [0.3, 0.4) is 0 Å². The number of nitrogens with zero attached hydrogens (tertiary/aromatic N) is 3. The van der Waals surface area contributed by atoms with E-state index >= 15 is 0 Å². The molecule has 0 aliphatic carbocycles. The topological polar surface area (TPSA) is 32.6 Å². The highest BCUT2D eigenvalue weighted by molar-refractivity contribution is 5.39. The number of fused-ring (bicyclic) bond motifs is 1. The number of nitrogens with one attached hydrogen (secondary N) is 1. The summed E-state index contributed by atoms with van der Waals surface area (Å²) in [7, 11) is 2.19. The van der Waals surface area contributed by atoms with Crippen molar-refractivity contribution < 1.29 is 0 Å². The molecule has 1 unspecified atom stereocenters. The molecule has 1 aliphatic heterocycles. The molecule has 0 spiro atoms. The molecular formula is C14H20N4. The van der Waals surface area contributed by atoms with Crippen LogP contribution in [0.15, 0.2) is 30.6 Å². The first-order valence-electron chi connectivity index (χ1n) is 6.66. The highest BCUT2D eigenvalue weighted by Gasteiger charge is 2.16. The molecular weight excluding hydrogens is 224 g/mol. The van der Waals surface area contributed by atoms with Gasteiger partial charge in [-0.25, -0.2) is 4.98 Å². The first-order chi connectivity index (χ1) is 8.81. The number of likely N-dealkylation sites (tertiary alicyclic amines) is 1. The first kappa shape index (κ1) is 11.7. The third-order valence-corrected chi connectivity index (χ3v) is 3.61. The van der Waals surface area contributed by atoms with Gasteiger partial charge in [0.05, 0.1) is 5.69 Å². The zero-order valence-electron chi connectivity index (χ0n) is 10.8. The number of piperidine rings is 1. The molecule has 3 rings (SSSR count). The van der Waals surface area contributed by atoms with Gasteiger partial charge in [-0.15, -0.1) is 0 Å².